The molecule has 2 aromatic rings. The van der Waals surface area contributed by atoms with Crippen molar-refractivity contribution in [2.24, 2.45) is 0 Å². The Bertz CT molecular complexity index is 804. The van der Waals surface area contributed by atoms with Crippen LogP contribution in [0.3, 0.4) is 0 Å². The molecule has 0 radical (unpaired) electrons. The smallest absolute Gasteiger partial charge is 0.233 e. The Kier molecular flexibility index (Phi) is 5.81. The van der Waals surface area contributed by atoms with Crippen molar-refractivity contribution >= 4 is 23.4 Å². The number of benzene rings is 2. The van der Waals surface area contributed by atoms with Crippen LogP contribution in [0.25, 0.3) is 0 Å². The molecule has 6 heteroatoms. The van der Waals surface area contributed by atoms with Crippen LogP contribution in [0.4, 0.5) is 14.5 Å². The summed E-state index contributed by atoms with van der Waals surface area (Å²) in [6, 6.07) is 10.0. The van der Waals surface area contributed by atoms with Crippen LogP contribution < -0.4 is 4.90 Å². The number of carbonyl (C=O) groups is 1. The summed E-state index contributed by atoms with van der Waals surface area (Å²) >= 11 is 1.24. The number of anilines is 1. The molecule has 0 unspecified atom stereocenters. The van der Waals surface area contributed by atoms with E-state index in [4.69, 9.17) is 0 Å². The molecule has 1 aliphatic heterocycles. The van der Waals surface area contributed by atoms with Gasteiger partial charge >= 0.3 is 0 Å². The fourth-order valence-corrected chi connectivity index (χ4v) is 3.90. The first-order valence-corrected chi connectivity index (χ1v) is 9.61. The molecule has 0 N–H and O–H groups in total. The van der Waals surface area contributed by atoms with Crippen molar-refractivity contribution in [1.29, 1.82) is 0 Å². The van der Waals surface area contributed by atoms with Crippen LogP contribution in [-0.2, 0) is 4.79 Å². The predicted molar refractivity (Wildman–Crippen MR) is 102 cm³/mol. The van der Waals surface area contributed by atoms with Crippen LogP contribution in [0.2, 0.25) is 0 Å². The largest absolute Gasteiger partial charge is 0.368 e. The molecule has 1 fully saturated rings. The van der Waals surface area contributed by atoms with Gasteiger partial charge in [-0.25, -0.2) is 8.78 Å². The van der Waals surface area contributed by atoms with Crippen LogP contribution >= 0.6 is 11.8 Å². The van der Waals surface area contributed by atoms with Crippen LogP contribution in [0.1, 0.15) is 11.1 Å². The van der Waals surface area contributed by atoms with Crippen LogP contribution in [0.15, 0.2) is 41.3 Å². The number of hydrogen-bond acceptors (Lipinski definition) is 3. The van der Waals surface area contributed by atoms with Crippen molar-refractivity contribution in [3.05, 3.63) is 59.2 Å². The van der Waals surface area contributed by atoms with E-state index < -0.39 is 11.6 Å². The van der Waals surface area contributed by atoms with Gasteiger partial charge in [0.2, 0.25) is 5.91 Å². The Hall–Kier alpha value is -2.08. The third kappa shape index (κ3) is 4.18. The summed E-state index contributed by atoms with van der Waals surface area (Å²) in [4.78, 5) is 17.1. The summed E-state index contributed by atoms with van der Waals surface area (Å²) in [6.07, 6.45) is 0. The Balaban J connectivity index is 1.53. The monoisotopic (exact) mass is 376 g/mol. The summed E-state index contributed by atoms with van der Waals surface area (Å²) < 4.78 is 26.2. The van der Waals surface area contributed by atoms with Gasteiger partial charge < -0.3 is 9.80 Å². The molecule has 0 aromatic heterocycles. The normalized spacial score (nSPS) is 14.6. The zero-order valence-corrected chi connectivity index (χ0v) is 15.8. The summed E-state index contributed by atoms with van der Waals surface area (Å²) in [6.45, 7) is 7.17. The number of piperazine rings is 1. The molecule has 1 aliphatic rings. The van der Waals surface area contributed by atoms with Crippen molar-refractivity contribution in [1.82, 2.24) is 4.90 Å². The van der Waals surface area contributed by atoms with Gasteiger partial charge in [0, 0.05) is 36.8 Å². The van der Waals surface area contributed by atoms with E-state index in [1.54, 1.807) is 0 Å². The first kappa shape index (κ1) is 18.7. The predicted octanol–water partition coefficient (Wildman–Crippen LogP) is 4.02. The van der Waals surface area contributed by atoms with Gasteiger partial charge in [-0.2, -0.15) is 0 Å². The molecule has 0 spiro atoms. The SMILES string of the molecule is Cc1cccc(N2CCN(C(=O)CSc3ccc(F)c(F)c3)CC2)c1C. The molecular formula is C20H22F2N2OS. The van der Waals surface area contributed by atoms with Crippen molar-refractivity contribution in [2.75, 3.05) is 36.8 Å². The zero-order chi connectivity index (χ0) is 18.7. The maximum absolute atomic E-state index is 13.2. The standard InChI is InChI=1S/C20H22F2N2OS/c1-14-4-3-5-19(15(14)2)23-8-10-24(11-9-23)20(25)13-26-16-6-7-17(21)18(22)12-16/h3-7,12H,8-11,13H2,1-2H3. The van der Waals surface area contributed by atoms with Gasteiger partial charge in [-0.3, -0.25) is 4.79 Å². The average Bonchev–Trinajstić information content (AvgIpc) is 2.65. The summed E-state index contributed by atoms with van der Waals surface area (Å²) in [7, 11) is 0. The highest BCUT2D eigenvalue weighted by atomic mass is 32.2. The van der Waals surface area contributed by atoms with Crippen molar-refractivity contribution in [2.45, 2.75) is 18.7 Å². The Morgan fingerprint density at radius 2 is 1.77 bits per heavy atom. The topological polar surface area (TPSA) is 23.6 Å². The Morgan fingerprint density at radius 3 is 2.46 bits per heavy atom. The fourth-order valence-electron chi connectivity index (χ4n) is 3.08. The average molecular weight is 376 g/mol. The molecule has 0 saturated carbocycles. The summed E-state index contributed by atoms with van der Waals surface area (Å²) in [5.41, 5.74) is 3.78. The van der Waals surface area contributed by atoms with Gasteiger partial charge in [0.15, 0.2) is 11.6 Å². The highest BCUT2D eigenvalue weighted by Crippen LogP contribution is 2.25. The second-order valence-corrected chi connectivity index (χ2v) is 7.50. The van der Waals surface area contributed by atoms with Gasteiger partial charge in [0.05, 0.1) is 5.75 Å². The van der Waals surface area contributed by atoms with Crippen LogP contribution in [0.5, 0.6) is 0 Å². The van der Waals surface area contributed by atoms with E-state index in [9.17, 15) is 13.6 Å². The van der Waals surface area contributed by atoms with Gasteiger partial charge in [-0.15, -0.1) is 11.8 Å². The Morgan fingerprint density at radius 1 is 1.04 bits per heavy atom. The number of nitrogens with zero attached hydrogens (tertiary/aromatic N) is 2. The molecular weight excluding hydrogens is 354 g/mol. The van der Waals surface area contributed by atoms with Gasteiger partial charge in [0.1, 0.15) is 0 Å². The number of thioether (sulfide) groups is 1. The zero-order valence-electron chi connectivity index (χ0n) is 15.0. The molecule has 1 amide bonds. The minimum Gasteiger partial charge on any atom is -0.368 e. The number of hydrogen-bond donors (Lipinski definition) is 0. The highest BCUT2D eigenvalue weighted by molar-refractivity contribution is 8.00. The number of aryl methyl sites for hydroxylation is 1. The lowest BCUT2D eigenvalue weighted by Crippen LogP contribution is -2.49. The second kappa shape index (κ2) is 8.08. The lowest BCUT2D eigenvalue weighted by molar-refractivity contribution is -0.128. The molecule has 0 aliphatic carbocycles. The number of halogens is 2. The van der Waals surface area contributed by atoms with Gasteiger partial charge in [-0.1, -0.05) is 12.1 Å². The van der Waals surface area contributed by atoms with E-state index in [1.165, 1.54) is 34.6 Å². The Labute approximate surface area is 157 Å². The van der Waals surface area contributed by atoms with Gasteiger partial charge in [-0.05, 0) is 49.2 Å². The maximum Gasteiger partial charge on any atom is 0.233 e. The maximum atomic E-state index is 13.2. The molecule has 0 bridgehead atoms. The van der Waals surface area contributed by atoms with Crippen molar-refractivity contribution < 1.29 is 13.6 Å². The lowest BCUT2D eigenvalue weighted by Gasteiger charge is -2.37. The van der Waals surface area contributed by atoms with E-state index >= 15 is 0 Å². The molecule has 1 heterocycles. The first-order valence-electron chi connectivity index (χ1n) is 8.62. The fraction of sp³-hybridized carbons (Fsp3) is 0.350. The number of carbonyl (C=O) groups excluding carboxylic acids is 1. The van der Waals surface area contributed by atoms with Crippen molar-refractivity contribution in [3.8, 4) is 0 Å². The number of rotatable bonds is 4. The molecule has 138 valence electrons. The minimum absolute atomic E-state index is 0.0281. The van der Waals surface area contributed by atoms with Gasteiger partial charge in [0.25, 0.3) is 0 Å². The quantitative estimate of drug-likeness (QED) is 0.753. The number of amides is 1. The van der Waals surface area contributed by atoms with Crippen LogP contribution in [0, 0.1) is 25.5 Å². The highest BCUT2D eigenvalue weighted by Gasteiger charge is 2.22. The van der Waals surface area contributed by atoms with E-state index in [0.717, 1.165) is 25.2 Å². The first-order chi connectivity index (χ1) is 12.5. The van der Waals surface area contributed by atoms with E-state index in [0.29, 0.717) is 18.0 Å². The summed E-state index contributed by atoms with van der Waals surface area (Å²) in [5, 5.41) is 0. The second-order valence-electron chi connectivity index (χ2n) is 6.45. The molecule has 26 heavy (non-hydrogen) atoms. The van der Waals surface area contributed by atoms with Crippen molar-refractivity contribution in [3.63, 3.8) is 0 Å². The minimum atomic E-state index is -0.885. The molecule has 1 saturated heterocycles. The summed E-state index contributed by atoms with van der Waals surface area (Å²) in [5.74, 6) is -1.50. The molecule has 2 aromatic carbocycles. The third-order valence-electron chi connectivity index (χ3n) is 4.80. The molecule has 3 nitrogen and oxygen atoms in total. The van der Waals surface area contributed by atoms with E-state index in [2.05, 4.69) is 36.9 Å². The molecule has 0 atom stereocenters. The third-order valence-corrected chi connectivity index (χ3v) is 5.78. The van der Waals surface area contributed by atoms with Crippen LogP contribution in [-0.4, -0.2) is 42.7 Å². The molecule has 3 rings (SSSR count). The lowest BCUT2D eigenvalue weighted by atomic mass is 10.1. The van der Waals surface area contributed by atoms with E-state index in [1.807, 2.05) is 4.90 Å². The van der Waals surface area contributed by atoms with E-state index in [-0.39, 0.29) is 11.7 Å².